The minimum absolute atomic E-state index is 0.00784. The molecule has 0 bridgehead atoms. The van der Waals surface area contributed by atoms with Gasteiger partial charge in [-0.05, 0) is 151 Å². The predicted octanol–water partition coefficient (Wildman–Crippen LogP) is 8.97. The molecule has 0 N–H and O–H groups in total. The number of rotatable bonds is 22. The SMILES string of the molecule is O=C(Oc1ccc(OCCCCCCOC2CCCCO2)cc1)C1CCC(C(=O)Oc2ccc(OCCCCCCOC3CCCCO3)cc2)CC1. The zero-order valence-electron chi connectivity index (χ0n) is 31.0. The highest BCUT2D eigenvalue weighted by Crippen LogP contribution is 2.32. The normalized spacial score (nSPS) is 22.0. The van der Waals surface area contributed by atoms with Crippen molar-refractivity contribution in [1.82, 2.24) is 0 Å². The molecule has 5 rings (SSSR count). The fourth-order valence-corrected chi connectivity index (χ4v) is 6.78. The Hall–Kier alpha value is -3.18. The molecule has 2 unspecified atom stereocenters. The fraction of sp³-hybridized carbons (Fsp3) is 0.667. The van der Waals surface area contributed by atoms with Crippen LogP contribution in [-0.2, 0) is 28.5 Å². The second-order valence-electron chi connectivity index (χ2n) is 14.2. The summed E-state index contributed by atoms with van der Waals surface area (Å²) in [5.41, 5.74) is 0. The quantitative estimate of drug-likeness (QED) is 0.0664. The van der Waals surface area contributed by atoms with Crippen molar-refractivity contribution in [2.45, 2.75) is 128 Å². The van der Waals surface area contributed by atoms with Gasteiger partial charge in [-0.1, -0.05) is 12.8 Å². The topological polar surface area (TPSA) is 108 Å². The van der Waals surface area contributed by atoms with E-state index in [1.165, 1.54) is 12.8 Å². The van der Waals surface area contributed by atoms with Gasteiger partial charge in [-0.3, -0.25) is 9.59 Å². The first-order valence-electron chi connectivity index (χ1n) is 20.0. The van der Waals surface area contributed by atoms with Gasteiger partial charge in [-0.15, -0.1) is 0 Å². The molecule has 1 aliphatic carbocycles. The van der Waals surface area contributed by atoms with Crippen molar-refractivity contribution in [2.24, 2.45) is 11.8 Å². The lowest BCUT2D eigenvalue weighted by molar-refractivity contribution is -0.163. The molecular weight excluding hydrogens is 664 g/mol. The molecule has 0 aromatic heterocycles. The van der Waals surface area contributed by atoms with Gasteiger partial charge in [0.15, 0.2) is 12.6 Å². The van der Waals surface area contributed by atoms with Gasteiger partial charge >= 0.3 is 11.9 Å². The first-order chi connectivity index (χ1) is 25.6. The maximum atomic E-state index is 12.9. The molecule has 0 radical (unpaired) electrons. The molecule has 2 aliphatic heterocycles. The third-order valence-electron chi connectivity index (χ3n) is 9.98. The van der Waals surface area contributed by atoms with Crippen LogP contribution in [0.2, 0.25) is 0 Å². The van der Waals surface area contributed by atoms with Gasteiger partial charge in [-0.2, -0.15) is 0 Å². The number of ether oxygens (including phenoxy) is 8. The van der Waals surface area contributed by atoms with Crippen LogP contribution >= 0.6 is 0 Å². The Balaban J connectivity index is 0.869. The van der Waals surface area contributed by atoms with Crippen LogP contribution in [0.1, 0.15) is 116 Å². The summed E-state index contributed by atoms with van der Waals surface area (Å²) in [6, 6.07) is 14.4. The lowest BCUT2D eigenvalue weighted by Crippen LogP contribution is -2.30. The molecule has 1 saturated carbocycles. The Labute approximate surface area is 310 Å². The summed E-state index contributed by atoms with van der Waals surface area (Å²) in [5.74, 6) is 1.53. The van der Waals surface area contributed by atoms with Crippen molar-refractivity contribution in [3.05, 3.63) is 48.5 Å². The fourth-order valence-electron chi connectivity index (χ4n) is 6.78. The molecule has 2 aromatic carbocycles. The van der Waals surface area contributed by atoms with Gasteiger partial charge in [0.1, 0.15) is 23.0 Å². The van der Waals surface area contributed by atoms with Gasteiger partial charge in [0.05, 0.1) is 25.0 Å². The summed E-state index contributed by atoms with van der Waals surface area (Å²) >= 11 is 0. The largest absolute Gasteiger partial charge is 0.494 e. The number of carbonyl (C=O) groups is 2. The van der Waals surface area contributed by atoms with Gasteiger partial charge in [0.25, 0.3) is 0 Å². The smallest absolute Gasteiger partial charge is 0.314 e. The van der Waals surface area contributed by atoms with Crippen molar-refractivity contribution >= 4 is 11.9 Å². The maximum absolute atomic E-state index is 12.9. The average molecular weight is 725 g/mol. The lowest BCUT2D eigenvalue weighted by atomic mass is 9.82. The van der Waals surface area contributed by atoms with E-state index < -0.39 is 0 Å². The van der Waals surface area contributed by atoms with Crippen LogP contribution in [0.25, 0.3) is 0 Å². The third-order valence-corrected chi connectivity index (χ3v) is 9.98. The van der Waals surface area contributed by atoms with E-state index >= 15 is 0 Å². The highest BCUT2D eigenvalue weighted by Gasteiger charge is 2.32. The number of hydrogen-bond acceptors (Lipinski definition) is 10. The molecule has 2 atom stereocenters. The van der Waals surface area contributed by atoms with Crippen molar-refractivity contribution in [2.75, 3.05) is 39.6 Å². The molecule has 10 heteroatoms. The summed E-state index contributed by atoms with van der Waals surface area (Å²) in [7, 11) is 0. The molecule has 3 aliphatic rings. The Kier molecular flexibility index (Phi) is 18.1. The van der Waals surface area contributed by atoms with Crippen LogP contribution < -0.4 is 18.9 Å². The Morgan fingerprint density at radius 3 is 1.19 bits per heavy atom. The Bertz CT molecular complexity index is 1160. The molecule has 2 saturated heterocycles. The number of hydrogen-bond donors (Lipinski definition) is 0. The molecule has 0 amide bonds. The van der Waals surface area contributed by atoms with Gasteiger partial charge in [0.2, 0.25) is 0 Å². The summed E-state index contributed by atoms with van der Waals surface area (Å²) < 4.78 is 45.8. The van der Waals surface area contributed by atoms with Crippen LogP contribution in [0, 0.1) is 11.8 Å². The van der Waals surface area contributed by atoms with E-state index in [9.17, 15) is 9.59 Å². The van der Waals surface area contributed by atoms with Gasteiger partial charge in [0, 0.05) is 26.4 Å². The molecule has 0 spiro atoms. The molecule has 10 nitrogen and oxygen atoms in total. The zero-order chi connectivity index (χ0) is 36.1. The minimum Gasteiger partial charge on any atom is -0.494 e. The number of benzene rings is 2. The molecule has 288 valence electrons. The van der Waals surface area contributed by atoms with E-state index in [-0.39, 0.29) is 36.4 Å². The van der Waals surface area contributed by atoms with Crippen LogP contribution in [0.3, 0.4) is 0 Å². The first-order valence-corrected chi connectivity index (χ1v) is 20.0. The molecule has 2 heterocycles. The van der Waals surface area contributed by atoms with Crippen LogP contribution in [0.15, 0.2) is 48.5 Å². The predicted molar refractivity (Wildman–Crippen MR) is 197 cm³/mol. The van der Waals surface area contributed by atoms with Crippen molar-refractivity contribution in [3.63, 3.8) is 0 Å². The molecule has 2 aromatic rings. The highest BCUT2D eigenvalue weighted by molar-refractivity contribution is 5.77. The first kappa shape index (κ1) is 40.0. The number of unbranched alkanes of at least 4 members (excludes halogenated alkanes) is 6. The van der Waals surface area contributed by atoms with Crippen molar-refractivity contribution in [3.8, 4) is 23.0 Å². The van der Waals surface area contributed by atoms with Gasteiger partial charge in [-0.25, -0.2) is 0 Å². The summed E-state index contributed by atoms with van der Waals surface area (Å²) in [6.07, 6.45) is 17.4. The number of esters is 2. The second-order valence-corrected chi connectivity index (χ2v) is 14.2. The highest BCUT2D eigenvalue weighted by atomic mass is 16.7. The van der Waals surface area contributed by atoms with E-state index in [1.54, 1.807) is 24.3 Å². The van der Waals surface area contributed by atoms with E-state index in [0.29, 0.717) is 50.4 Å². The average Bonchev–Trinajstić information content (AvgIpc) is 3.19. The van der Waals surface area contributed by atoms with Gasteiger partial charge < -0.3 is 37.9 Å². The molecule has 52 heavy (non-hydrogen) atoms. The number of carbonyl (C=O) groups excluding carboxylic acids is 2. The van der Waals surface area contributed by atoms with E-state index in [1.807, 2.05) is 24.3 Å². The standard InChI is InChI=1S/C42H60O10/c43-41(51-37-23-19-35(20-24-37)45-27-7-1-3-9-29-47-39-13-5-11-31-49-39)33-15-17-34(18-16-33)42(44)52-38-25-21-36(22-26-38)46-28-8-2-4-10-30-48-40-14-6-12-32-50-40/h19-26,33-34,39-40H,1-18,27-32H2. The van der Waals surface area contributed by atoms with Crippen molar-refractivity contribution < 1.29 is 47.5 Å². The molecular formula is C42H60O10. The summed E-state index contributed by atoms with van der Waals surface area (Å²) in [4.78, 5) is 25.7. The maximum Gasteiger partial charge on any atom is 0.314 e. The third kappa shape index (κ3) is 15.0. The van der Waals surface area contributed by atoms with Crippen LogP contribution in [0.4, 0.5) is 0 Å². The second kappa shape index (κ2) is 23.5. The Morgan fingerprint density at radius 2 is 0.827 bits per heavy atom. The van der Waals surface area contributed by atoms with E-state index in [2.05, 4.69) is 0 Å². The minimum atomic E-state index is -0.256. The molecule has 3 fully saturated rings. The van der Waals surface area contributed by atoms with Crippen LogP contribution in [-0.4, -0.2) is 64.2 Å². The lowest BCUT2D eigenvalue weighted by Gasteiger charge is -2.25. The van der Waals surface area contributed by atoms with Crippen LogP contribution in [0.5, 0.6) is 23.0 Å². The monoisotopic (exact) mass is 724 g/mol. The van der Waals surface area contributed by atoms with E-state index in [4.69, 9.17) is 37.9 Å². The summed E-state index contributed by atoms with van der Waals surface area (Å²) in [5, 5.41) is 0. The summed E-state index contributed by atoms with van der Waals surface area (Å²) in [6.45, 7) is 4.42. The van der Waals surface area contributed by atoms with Crippen molar-refractivity contribution in [1.29, 1.82) is 0 Å². The zero-order valence-corrected chi connectivity index (χ0v) is 31.0. The Morgan fingerprint density at radius 1 is 0.462 bits per heavy atom. The van der Waals surface area contributed by atoms with E-state index in [0.717, 1.165) is 115 Å².